The van der Waals surface area contributed by atoms with Crippen LogP contribution < -0.4 is 10.6 Å². The first-order valence-electron chi connectivity index (χ1n) is 7.22. The topological polar surface area (TPSA) is 65.9 Å². The van der Waals surface area contributed by atoms with Crippen molar-refractivity contribution in [3.8, 4) is 6.07 Å². The van der Waals surface area contributed by atoms with Gasteiger partial charge in [-0.15, -0.1) is 0 Å². The van der Waals surface area contributed by atoms with E-state index in [1.54, 1.807) is 12.3 Å². The van der Waals surface area contributed by atoms with Crippen molar-refractivity contribution < 1.29 is 0 Å². The van der Waals surface area contributed by atoms with Crippen LogP contribution in [0.1, 0.15) is 44.1 Å². The lowest BCUT2D eigenvalue weighted by atomic mass is 9.78. The standard InChI is InChI=1S/C15H20N4/c16-9-12-8-13(17)10-18-15(12)19-7-3-5-11-4-1-2-6-14(11)19/h8,10-11,14H,1-7,17H2. The first-order chi connectivity index (χ1) is 9.29. The Bertz CT molecular complexity index is 503. The summed E-state index contributed by atoms with van der Waals surface area (Å²) in [6.45, 7) is 1.02. The van der Waals surface area contributed by atoms with Crippen LogP contribution in [0, 0.1) is 17.2 Å². The van der Waals surface area contributed by atoms with Crippen molar-refractivity contribution in [3.05, 3.63) is 17.8 Å². The highest BCUT2D eigenvalue weighted by molar-refractivity contribution is 5.59. The highest BCUT2D eigenvalue weighted by Crippen LogP contribution is 2.38. The van der Waals surface area contributed by atoms with E-state index in [2.05, 4.69) is 16.0 Å². The molecule has 2 unspecified atom stereocenters. The Morgan fingerprint density at radius 3 is 2.89 bits per heavy atom. The summed E-state index contributed by atoms with van der Waals surface area (Å²) in [5.41, 5.74) is 6.92. The smallest absolute Gasteiger partial charge is 0.146 e. The summed E-state index contributed by atoms with van der Waals surface area (Å²) in [5, 5.41) is 9.30. The number of anilines is 2. The minimum Gasteiger partial charge on any atom is -0.397 e. The highest BCUT2D eigenvalue weighted by atomic mass is 15.2. The molecule has 1 saturated heterocycles. The van der Waals surface area contributed by atoms with Gasteiger partial charge in [0.2, 0.25) is 0 Å². The number of pyridine rings is 1. The van der Waals surface area contributed by atoms with E-state index in [9.17, 15) is 5.26 Å². The Balaban J connectivity index is 1.94. The fourth-order valence-corrected chi connectivity index (χ4v) is 3.67. The molecule has 0 aromatic carbocycles. The van der Waals surface area contributed by atoms with Crippen molar-refractivity contribution in [2.24, 2.45) is 5.92 Å². The zero-order valence-electron chi connectivity index (χ0n) is 11.2. The second-order valence-electron chi connectivity index (χ2n) is 5.70. The molecule has 3 rings (SSSR count). The van der Waals surface area contributed by atoms with Crippen molar-refractivity contribution in [2.45, 2.75) is 44.6 Å². The Kier molecular flexibility index (Phi) is 3.29. The van der Waals surface area contributed by atoms with Crippen LogP contribution in [0.25, 0.3) is 0 Å². The molecule has 2 atom stereocenters. The summed E-state index contributed by atoms with van der Waals surface area (Å²) in [4.78, 5) is 6.81. The van der Waals surface area contributed by atoms with Crippen LogP contribution in [0.4, 0.5) is 11.5 Å². The lowest BCUT2D eigenvalue weighted by molar-refractivity contribution is 0.242. The number of nitrogens with two attached hydrogens (primary N) is 1. The van der Waals surface area contributed by atoms with Gasteiger partial charge in [0.1, 0.15) is 11.9 Å². The lowest BCUT2D eigenvalue weighted by Gasteiger charge is -2.45. The van der Waals surface area contributed by atoms with Gasteiger partial charge in [0.25, 0.3) is 0 Å². The van der Waals surface area contributed by atoms with Gasteiger partial charge in [-0.25, -0.2) is 4.98 Å². The van der Waals surface area contributed by atoms with Gasteiger partial charge >= 0.3 is 0 Å². The largest absolute Gasteiger partial charge is 0.397 e. The van der Waals surface area contributed by atoms with Crippen LogP contribution in [-0.4, -0.2) is 17.6 Å². The molecule has 1 aromatic rings. The third-order valence-corrected chi connectivity index (χ3v) is 4.52. The number of piperidine rings is 1. The van der Waals surface area contributed by atoms with E-state index in [0.717, 1.165) is 18.3 Å². The van der Waals surface area contributed by atoms with E-state index < -0.39 is 0 Å². The average molecular weight is 256 g/mol. The van der Waals surface area contributed by atoms with E-state index in [-0.39, 0.29) is 0 Å². The minimum atomic E-state index is 0.567. The van der Waals surface area contributed by atoms with Crippen LogP contribution in [0.15, 0.2) is 12.3 Å². The Hall–Kier alpha value is -1.76. The van der Waals surface area contributed by atoms with E-state index in [4.69, 9.17) is 5.73 Å². The fourth-order valence-electron chi connectivity index (χ4n) is 3.67. The molecule has 1 aromatic heterocycles. The molecule has 19 heavy (non-hydrogen) atoms. The first kappa shape index (κ1) is 12.3. The van der Waals surface area contributed by atoms with Crippen LogP contribution in [-0.2, 0) is 0 Å². The summed E-state index contributed by atoms with van der Waals surface area (Å²) < 4.78 is 0. The molecule has 2 N–H and O–H groups in total. The first-order valence-corrected chi connectivity index (χ1v) is 7.22. The van der Waals surface area contributed by atoms with Gasteiger partial charge < -0.3 is 10.6 Å². The van der Waals surface area contributed by atoms with Crippen LogP contribution >= 0.6 is 0 Å². The van der Waals surface area contributed by atoms with Crippen LogP contribution in [0.2, 0.25) is 0 Å². The summed E-state index contributed by atoms with van der Waals surface area (Å²) in [6, 6.07) is 4.56. The van der Waals surface area contributed by atoms with Gasteiger partial charge in [-0.2, -0.15) is 5.26 Å². The molecule has 0 spiro atoms. The van der Waals surface area contributed by atoms with Crippen molar-refractivity contribution >= 4 is 11.5 Å². The molecule has 1 aliphatic carbocycles. The highest BCUT2D eigenvalue weighted by Gasteiger charge is 2.34. The second kappa shape index (κ2) is 5.08. The molecule has 2 aliphatic rings. The second-order valence-corrected chi connectivity index (χ2v) is 5.70. The fraction of sp³-hybridized carbons (Fsp3) is 0.600. The summed E-state index contributed by atoms with van der Waals surface area (Å²) in [6.07, 6.45) is 9.43. The number of hydrogen-bond donors (Lipinski definition) is 1. The van der Waals surface area contributed by atoms with Gasteiger partial charge in [-0.3, -0.25) is 0 Å². The molecule has 0 amide bonds. The predicted molar refractivity (Wildman–Crippen MR) is 75.7 cm³/mol. The number of rotatable bonds is 1. The molecule has 0 bridgehead atoms. The Morgan fingerprint density at radius 2 is 2.05 bits per heavy atom. The van der Waals surface area contributed by atoms with E-state index in [1.165, 1.54) is 38.5 Å². The number of fused-ring (bicyclic) bond motifs is 1. The van der Waals surface area contributed by atoms with Gasteiger partial charge in [-0.1, -0.05) is 12.8 Å². The normalized spacial score (nSPS) is 26.6. The van der Waals surface area contributed by atoms with E-state index >= 15 is 0 Å². The maximum Gasteiger partial charge on any atom is 0.146 e. The van der Waals surface area contributed by atoms with Crippen LogP contribution in [0.5, 0.6) is 0 Å². The molecular formula is C15H20N4. The van der Waals surface area contributed by atoms with Crippen molar-refractivity contribution in [2.75, 3.05) is 17.2 Å². The summed E-state index contributed by atoms with van der Waals surface area (Å²) in [7, 11) is 0. The number of aromatic nitrogens is 1. The molecule has 1 saturated carbocycles. The number of nitrogens with zero attached hydrogens (tertiary/aromatic N) is 3. The maximum atomic E-state index is 9.30. The molecule has 0 radical (unpaired) electrons. The molecule has 4 heteroatoms. The summed E-state index contributed by atoms with van der Waals surface area (Å²) >= 11 is 0. The minimum absolute atomic E-state index is 0.567. The molecule has 1 aliphatic heterocycles. The molecule has 2 fully saturated rings. The van der Waals surface area contributed by atoms with E-state index in [0.29, 0.717) is 17.3 Å². The maximum absolute atomic E-state index is 9.30. The molecule has 4 nitrogen and oxygen atoms in total. The van der Waals surface area contributed by atoms with Gasteiger partial charge in [0.15, 0.2) is 0 Å². The third-order valence-electron chi connectivity index (χ3n) is 4.52. The van der Waals surface area contributed by atoms with Crippen LogP contribution in [0.3, 0.4) is 0 Å². The molecular weight excluding hydrogens is 236 g/mol. The molecule has 2 heterocycles. The van der Waals surface area contributed by atoms with Gasteiger partial charge in [-0.05, 0) is 37.7 Å². The van der Waals surface area contributed by atoms with E-state index in [1.807, 2.05) is 0 Å². The quantitative estimate of drug-likeness (QED) is 0.839. The van der Waals surface area contributed by atoms with Crippen molar-refractivity contribution in [3.63, 3.8) is 0 Å². The predicted octanol–water partition coefficient (Wildman–Crippen LogP) is 2.69. The van der Waals surface area contributed by atoms with Crippen molar-refractivity contribution in [1.82, 2.24) is 4.98 Å². The average Bonchev–Trinajstić information content (AvgIpc) is 2.46. The lowest BCUT2D eigenvalue weighted by Crippen LogP contribution is -2.47. The van der Waals surface area contributed by atoms with Gasteiger partial charge in [0, 0.05) is 12.6 Å². The number of nitriles is 1. The number of nitrogen functional groups attached to an aromatic ring is 1. The Labute approximate surface area is 114 Å². The Morgan fingerprint density at radius 1 is 1.26 bits per heavy atom. The SMILES string of the molecule is N#Cc1cc(N)cnc1N1CCCC2CCCCC21. The molecule has 100 valence electrons. The van der Waals surface area contributed by atoms with Gasteiger partial charge in [0.05, 0.1) is 17.4 Å². The zero-order chi connectivity index (χ0) is 13.2. The monoisotopic (exact) mass is 256 g/mol. The zero-order valence-corrected chi connectivity index (χ0v) is 11.2. The summed E-state index contributed by atoms with van der Waals surface area (Å²) in [5.74, 6) is 1.63. The third kappa shape index (κ3) is 2.25. The number of hydrogen-bond acceptors (Lipinski definition) is 4. The van der Waals surface area contributed by atoms with Crippen molar-refractivity contribution in [1.29, 1.82) is 5.26 Å².